The maximum atomic E-state index is 11.2. The lowest BCUT2D eigenvalue weighted by atomic mass is 10.4. The summed E-state index contributed by atoms with van der Waals surface area (Å²) in [6.07, 6.45) is 2.32. The SMILES string of the molecule is C=CC(=O)N(COCCCC)C(C)O. The van der Waals surface area contributed by atoms with Gasteiger partial charge in [-0.1, -0.05) is 19.9 Å². The summed E-state index contributed by atoms with van der Waals surface area (Å²) in [5.74, 6) is -0.323. The second-order valence-electron chi connectivity index (χ2n) is 3.03. The van der Waals surface area contributed by atoms with E-state index in [1.54, 1.807) is 0 Å². The lowest BCUT2D eigenvalue weighted by Crippen LogP contribution is -2.39. The quantitative estimate of drug-likeness (QED) is 0.381. The van der Waals surface area contributed by atoms with Crippen LogP contribution in [-0.2, 0) is 9.53 Å². The number of nitrogens with zero attached hydrogens (tertiary/aromatic N) is 1. The van der Waals surface area contributed by atoms with Gasteiger partial charge >= 0.3 is 0 Å². The monoisotopic (exact) mass is 201 g/mol. The fourth-order valence-corrected chi connectivity index (χ4v) is 0.882. The summed E-state index contributed by atoms with van der Waals surface area (Å²) in [5, 5.41) is 9.25. The van der Waals surface area contributed by atoms with Crippen molar-refractivity contribution in [3.63, 3.8) is 0 Å². The highest BCUT2D eigenvalue weighted by atomic mass is 16.5. The van der Waals surface area contributed by atoms with Crippen LogP contribution in [0.4, 0.5) is 0 Å². The molecule has 0 spiro atoms. The number of unbranched alkanes of at least 4 members (excludes halogenated alkanes) is 1. The fraction of sp³-hybridized carbons (Fsp3) is 0.700. The molecule has 0 saturated heterocycles. The van der Waals surface area contributed by atoms with E-state index in [0.29, 0.717) is 6.61 Å². The third-order valence-electron chi connectivity index (χ3n) is 1.78. The van der Waals surface area contributed by atoms with Crippen LogP contribution in [0.25, 0.3) is 0 Å². The van der Waals surface area contributed by atoms with Crippen molar-refractivity contribution in [3.05, 3.63) is 12.7 Å². The van der Waals surface area contributed by atoms with Crippen LogP contribution >= 0.6 is 0 Å². The van der Waals surface area contributed by atoms with Crippen molar-refractivity contribution in [2.24, 2.45) is 0 Å². The Hall–Kier alpha value is -0.870. The zero-order chi connectivity index (χ0) is 11.0. The summed E-state index contributed by atoms with van der Waals surface area (Å²) in [6, 6.07) is 0. The summed E-state index contributed by atoms with van der Waals surface area (Å²) in [4.78, 5) is 12.4. The van der Waals surface area contributed by atoms with E-state index in [0.717, 1.165) is 18.9 Å². The Morgan fingerprint density at radius 2 is 2.36 bits per heavy atom. The molecule has 0 aromatic rings. The summed E-state index contributed by atoms with van der Waals surface area (Å²) in [7, 11) is 0. The Labute approximate surface area is 85.2 Å². The van der Waals surface area contributed by atoms with Crippen LogP contribution < -0.4 is 0 Å². The standard InChI is InChI=1S/C10H19NO3/c1-4-6-7-14-8-11(9(3)12)10(13)5-2/h5,9,12H,2,4,6-8H2,1,3H3. The molecule has 0 rings (SSSR count). The highest BCUT2D eigenvalue weighted by molar-refractivity contribution is 5.86. The van der Waals surface area contributed by atoms with Crippen LogP contribution in [0.5, 0.6) is 0 Å². The fourth-order valence-electron chi connectivity index (χ4n) is 0.882. The second kappa shape index (κ2) is 7.53. The molecule has 0 aliphatic heterocycles. The van der Waals surface area contributed by atoms with E-state index in [1.807, 2.05) is 0 Å². The van der Waals surface area contributed by atoms with Crippen molar-refractivity contribution < 1.29 is 14.6 Å². The molecule has 0 aromatic heterocycles. The number of carbonyl (C=O) groups excluding carboxylic acids is 1. The Morgan fingerprint density at radius 3 is 2.79 bits per heavy atom. The molecule has 0 aliphatic rings. The second-order valence-corrected chi connectivity index (χ2v) is 3.03. The third kappa shape index (κ3) is 4.99. The number of hydrogen-bond donors (Lipinski definition) is 1. The molecule has 0 saturated carbocycles. The molecule has 1 atom stereocenters. The first-order valence-corrected chi connectivity index (χ1v) is 4.82. The zero-order valence-electron chi connectivity index (χ0n) is 8.90. The van der Waals surface area contributed by atoms with Gasteiger partial charge in [-0.3, -0.25) is 9.69 Å². The van der Waals surface area contributed by atoms with E-state index < -0.39 is 6.23 Å². The predicted molar refractivity (Wildman–Crippen MR) is 54.5 cm³/mol. The summed E-state index contributed by atoms with van der Waals surface area (Å²) in [5.41, 5.74) is 0. The van der Waals surface area contributed by atoms with Gasteiger partial charge in [-0.05, 0) is 19.4 Å². The molecule has 0 heterocycles. The third-order valence-corrected chi connectivity index (χ3v) is 1.78. The Balaban J connectivity index is 3.86. The topological polar surface area (TPSA) is 49.8 Å². The number of carbonyl (C=O) groups is 1. The van der Waals surface area contributed by atoms with E-state index in [1.165, 1.54) is 11.8 Å². The van der Waals surface area contributed by atoms with Crippen molar-refractivity contribution in [2.45, 2.75) is 32.9 Å². The molecule has 0 aromatic carbocycles. The van der Waals surface area contributed by atoms with Gasteiger partial charge in [-0.15, -0.1) is 0 Å². The maximum Gasteiger partial charge on any atom is 0.249 e. The molecule has 4 heteroatoms. The molecular formula is C10H19NO3. The normalized spacial score (nSPS) is 12.2. The van der Waals surface area contributed by atoms with E-state index in [-0.39, 0.29) is 12.6 Å². The van der Waals surface area contributed by atoms with Gasteiger partial charge in [0.05, 0.1) is 0 Å². The number of hydrogen-bond acceptors (Lipinski definition) is 3. The van der Waals surface area contributed by atoms with Gasteiger partial charge < -0.3 is 9.84 Å². The van der Waals surface area contributed by atoms with Crippen molar-refractivity contribution >= 4 is 5.91 Å². The summed E-state index contributed by atoms with van der Waals surface area (Å²) in [6.45, 7) is 7.64. The zero-order valence-corrected chi connectivity index (χ0v) is 8.90. The van der Waals surface area contributed by atoms with E-state index in [9.17, 15) is 9.90 Å². The molecule has 0 radical (unpaired) electrons. The van der Waals surface area contributed by atoms with Gasteiger partial charge in [0.15, 0.2) is 0 Å². The number of rotatable bonds is 7. The van der Waals surface area contributed by atoms with Crippen molar-refractivity contribution in [2.75, 3.05) is 13.3 Å². The minimum atomic E-state index is -0.845. The maximum absolute atomic E-state index is 11.2. The molecule has 0 aliphatic carbocycles. The Bertz CT molecular complexity index is 180. The molecule has 14 heavy (non-hydrogen) atoms. The van der Waals surface area contributed by atoms with E-state index in [2.05, 4.69) is 13.5 Å². The minimum absolute atomic E-state index is 0.114. The first kappa shape index (κ1) is 13.1. The Kier molecular flexibility index (Phi) is 7.06. The Morgan fingerprint density at radius 1 is 1.71 bits per heavy atom. The van der Waals surface area contributed by atoms with Crippen LogP contribution in [0.1, 0.15) is 26.7 Å². The van der Waals surface area contributed by atoms with Crippen molar-refractivity contribution in [3.8, 4) is 0 Å². The smallest absolute Gasteiger partial charge is 0.249 e. The number of aliphatic hydroxyl groups is 1. The highest BCUT2D eigenvalue weighted by Gasteiger charge is 2.14. The molecule has 0 bridgehead atoms. The summed E-state index contributed by atoms with van der Waals surface area (Å²) < 4.78 is 5.22. The molecule has 1 amide bonds. The van der Waals surface area contributed by atoms with Gasteiger partial charge in [-0.2, -0.15) is 0 Å². The largest absolute Gasteiger partial charge is 0.374 e. The molecule has 4 nitrogen and oxygen atoms in total. The number of ether oxygens (including phenoxy) is 1. The van der Waals surface area contributed by atoms with Crippen LogP contribution in [0, 0.1) is 0 Å². The molecule has 1 unspecified atom stereocenters. The molecule has 1 N–H and O–H groups in total. The molecule has 0 fully saturated rings. The van der Waals surface area contributed by atoms with Crippen molar-refractivity contribution in [1.29, 1.82) is 0 Å². The molecule has 82 valence electrons. The van der Waals surface area contributed by atoms with Crippen LogP contribution in [-0.4, -0.2) is 35.5 Å². The van der Waals surface area contributed by atoms with Crippen LogP contribution in [0.15, 0.2) is 12.7 Å². The van der Waals surface area contributed by atoms with Gasteiger partial charge in [0, 0.05) is 6.61 Å². The lowest BCUT2D eigenvalue weighted by Gasteiger charge is -2.23. The van der Waals surface area contributed by atoms with Crippen molar-refractivity contribution in [1.82, 2.24) is 4.90 Å². The predicted octanol–water partition coefficient (Wildman–Crippen LogP) is 1.11. The van der Waals surface area contributed by atoms with E-state index in [4.69, 9.17) is 4.74 Å². The van der Waals surface area contributed by atoms with Gasteiger partial charge in [0.1, 0.15) is 13.0 Å². The van der Waals surface area contributed by atoms with E-state index >= 15 is 0 Å². The van der Waals surface area contributed by atoms with Gasteiger partial charge in [0.2, 0.25) is 5.91 Å². The highest BCUT2D eigenvalue weighted by Crippen LogP contribution is 1.98. The lowest BCUT2D eigenvalue weighted by molar-refractivity contribution is -0.144. The van der Waals surface area contributed by atoms with Gasteiger partial charge in [0.25, 0.3) is 0 Å². The average molecular weight is 201 g/mol. The first-order chi connectivity index (χ1) is 6.63. The molecular weight excluding hydrogens is 182 g/mol. The summed E-state index contributed by atoms with van der Waals surface area (Å²) >= 11 is 0. The first-order valence-electron chi connectivity index (χ1n) is 4.82. The average Bonchev–Trinajstić information content (AvgIpc) is 2.16. The van der Waals surface area contributed by atoms with Crippen LogP contribution in [0.2, 0.25) is 0 Å². The van der Waals surface area contributed by atoms with Crippen LogP contribution in [0.3, 0.4) is 0 Å². The number of aliphatic hydroxyl groups excluding tert-OH is 1. The minimum Gasteiger partial charge on any atom is -0.374 e. The van der Waals surface area contributed by atoms with Gasteiger partial charge in [-0.25, -0.2) is 0 Å². The number of amides is 1.